The van der Waals surface area contributed by atoms with Crippen LogP contribution in [0.4, 0.5) is 4.39 Å². The molecular formula is C25H21FN4O2S2. The second kappa shape index (κ2) is 9.08. The van der Waals surface area contributed by atoms with Gasteiger partial charge in [-0.25, -0.2) is 16.8 Å². The highest BCUT2D eigenvalue weighted by Gasteiger charge is 2.24. The van der Waals surface area contributed by atoms with E-state index in [9.17, 15) is 12.8 Å². The van der Waals surface area contributed by atoms with Gasteiger partial charge in [0.25, 0.3) is 10.0 Å². The van der Waals surface area contributed by atoms with E-state index in [-0.39, 0.29) is 10.7 Å². The van der Waals surface area contributed by atoms with Crippen molar-refractivity contribution in [3.05, 3.63) is 96.4 Å². The van der Waals surface area contributed by atoms with Gasteiger partial charge >= 0.3 is 0 Å². The van der Waals surface area contributed by atoms with Crippen molar-refractivity contribution in [2.75, 3.05) is 0 Å². The van der Waals surface area contributed by atoms with E-state index in [2.05, 4.69) is 10.2 Å². The van der Waals surface area contributed by atoms with Crippen molar-refractivity contribution in [1.29, 1.82) is 0 Å². The van der Waals surface area contributed by atoms with Gasteiger partial charge in [0.15, 0.2) is 11.0 Å². The van der Waals surface area contributed by atoms with Crippen LogP contribution in [0.25, 0.3) is 22.3 Å². The van der Waals surface area contributed by atoms with Crippen molar-refractivity contribution in [2.24, 2.45) is 0 Å². The molecule has 34 heavy (non-hydrogen) atoms. The SMILES string of the molecule is CCn1c(SCc2cccc(F)c2)nnc1-c1cn(S(=O)(=O)c2ccccc2)c2ccccc12. The summed E-state index contributed by atoms with van der Waals surface area (Å²) in [7, 11) is -3.80. The van der Waals surface area contributed by atoms with Crippen LogP contribution >= 0.6 is 11.8 Å². The predicted octanol–water partition coefficient (Wildman–Crippen LogP) is 5.59. The fourth-order valence-electron chi connectivity index (χ4n) is 3.89. The lowest BCUT2D eigenvalue weighted by molar-refractivity contribution is 0.589. The minimum Gasteiger partial charge on any atom is -0.302 e. The molecule has 0 unspecified atom stereocenters. The summed E-state index contributed by atoms with van der Waals surface area (Å²) in [6.07, 6.45) is 1.62. The Hall–Kier alpha value is -3.43. The molecule has 5 rings (SSSR count). The van der Waals surface area contributed by atoms with Gasteiger partial charge in [0.2, 0.25) is 0 Å². The minimum atomic E-state index is -3.80. The molecule has 0 aliphatic heterocycles. The van der Waals surface area contributed by atoms with Gasteiger partial charge < -0.3 is 4.57 Å². The van der Waals surface area contributed by atoms with Gasteiger partial charge in [-0.15, -0.1) is 10.2 Å². The monoisotopic (exact) mass is 492 g/mol. The van der Waals surface area contributed by atoms with Gasteiger partial charge in [-0.1, -0.05) is 60.3 Å². The minimum absolute atomic E-state index is 0.214. The van der Waals surface area contributed by atoms with Crippen molar-refractivity contribution in [1.82, 2.24) is 18.7 Å². The lowest BCUT2D eigenvalue weighted by Crippen LogP contribution is -2.11. The summed E-state index contributed by atoms with van der Waals surface area (Å²) in [5.41, 5.74) is 2.10. The molecule has 0 radical (unpaired) electrons. The molecule has 0 amide bonds. The first kappa shape index (κ1) is 22.4. The van der Waals surface area contributed by atoms with Gasteiger partial charge in [0.05, 0.1) is 10.4 Å². The highest BCUT2D eigenvalue weighted by molar-refractivity contribution is 7.98. The van der Waals surface area contributed by atoms with E-state index in [1.54, 1.807) is 48.7 Å². The Bertz CT molecular complexity index is 1580. The topological polar surface area (TPSA) is 69.8 Å². The van der Waals surface area contributed by atoms with Crippen molar-refractivity contribution in [3.63, 3.8) is 0 Å². The largest absolute Gasteiger partial charge is 0.302 e. The maximum Gasteiger partial charge on any atom is 0.268 e. The lowest BCUT2D eigenvalue weighted by Gasteiger charge is -2.07. The van der Waals surface area contributed by atoms with E-state index in [4.69, 9.17) is 0 Å². The number of aromatic nitrogens is 4. The molecule has 2 aromatic heterocycles. The number of fused-ring (bicyclic) bond motifs is 1. The fraction of sp³-hybridized carbons (Fsp3) is 0.120. The van der Waals surface area contributed by atoms with Crippen LogP contribution in [0, 0.1) is 5.82 Å². The van der Waals surface area contributed by atoms with Gasteiger partial charge in [0, 0.05) is 29.4 Å². The maximum absolute atomic E-state index is 13.5. The average molecular weight is 493 g/mol. The van der Waals surface area contributed by atoms with E-state index >= 15 is 0 Å². The van der Waals surface area contributed by atoms with E-state index < -0.39 is 10.0 Å². The van der Waals surface area contributed by atoms with Crippen LogP contribution in [0.3, 0.4) is 0 Å². The number of para-hydroxylation sites is 1. The summed E-state index contributed by atoms with van der Waals surface area (Å²) in [4.78, 5) is 0.214. The molecule has 172 valence electrons. The summed E-state index contributed by atoms with van der Waals surface area (Å²) in [5.74, 6) is 0.852. The van der Waals surface area contributed by atoms with Crippen molar-refractivity contribution in [2.45, 2.75) is 29.3 Å². The Morgan fingerprint density at radius 1 is 0.941 bits per heavy atom. The van der Waals surface area contributed by atoms with E-state index in [1.165, 1.54) is 27.9 Å². The first-order valence-electron chi connectivity index (χ1n) is 10.7. The van der Waals surface area contributed by atoms with E-state index in [0.717, 1.165) is 10.9 Å². The standard InChI is InChI=1S/C25H21FN4O2S2/c1-2-29-24(27-28-25(29)33-17-18-9-8-10-19(26)15-18)22-16-30(23-14-7-6-13-21(22)23)34(31,32)20-11-4-3-5-12-20/h3-16H,2,17H2,1H3. The fourth-order valence-corrected chi connectivity index (χ4v) is 6.22. The molecule has 2 heterocycles. The van der Waals surface area contributed by atoms with E-state index in [0.29, 0.717) is 34.4 Å². The summed E-state index contributed by atoms with van der Waals surface area (Å²) in [5, 5.41) is 10.2. The smallest absolute Gasteiger partial charge is 0.268 e. The summed E-state index contributed by atoms with van der Waals surface area (Å²) in [6.45, 7) is 2.58. The van der Waals surface area contributed by atoms with Crippen LogP contribution < -0.4 is 0 Å². The number of rotatable bonds is 7. The Morgan fingerprint density at radius 3 is 2.47 bits per heavy atom. The molecule has 0 spiro atoms. The van der Waals surface area contributed by atoms with Crippen molar-refractivity contribution < 1.29 is 12.8 Å². The third-order valence-corrected chi connectivity index (χ3v) is 8.23. The average Bonchev–Trinajstić information content (AvgIpc) is 3.44. The molecular weight excluding hydrogens is 471 g/mol. The zero-order valence-electron chi connectivity index (χ0n) is 18.3. The molecule has 0 saturated heterocycles. The molecule has 0 atom stereocenters. The number of hydrogen-bond donors (Lipinski definition) is 0. The Kier molecular flexibility index (Phi) is 5.97. The molecule has 0 N–H and O–H groups in total. The molecule has 0 aliphatic rings. The number of halogens is 1. The highest BCUT2D eigenvalue weighted by Crippen LogP contribution is 2.34. The van der Waals surface area contributed by atoms with Crippen molar-refractivity contribution in [3.8, 4) is 11.4 Å². The summed E-state index contributed by atoms with van der Waals surface area (Å²) >= 11 is 1.46. The number of nitrogens with zero attached hydrogens (tertiary/aromatic N) is 4. The zero-order valence-corrected chi connectivity index (χ0v) is 19.9. The summed E-state index contributed by atoms with van der Waals surface area (Å²) in [6, 6.07) is 22.2. The normalized spacial score (nSPS) is 11.8. The van der Waals surface area contributed by atoms with Crippen LogP contribution in [-0.2, 0) is 22.3 Å². The number of benzene rings is 3. The Balaban J connectivity index is 1.58. The molecule has 0 saturated carbocycles. The second-order valence-corrected chi connectivity index (χ2v) is 10.4. The zero-order chi connectivity index (χ0) is 23.7. The molecule has 3 aromatic carbocycles. The quantitative estimate of drug-likeness (QED) is 0.277. The highest BCUT2D eigenvalue weighted by atomic mass is 32.2. The molecule has 9 heteroatoms. The Morgan fingerprint density at radius 2 is 1.71 bits per heavy atom. The first-order valence-corrected chi connectivity index (χ1v) is 13.1. The molecule has 0 aliphatic carbocycles. The first-order chi connectivity index (χ1) is 16.5. The van der Waals surface area contributed by atoms with Crippen LogP contribution in [0.1, 0.15) is 12.5 Å². The van der Waals surface area contributed by atoms with E-state index in [1.807, 2.05) is 35.8 Å². The summed E-state index contributed by atoms with van der Waals surface area (Å²) < 4.78 is 43.6. The third-order valence-electron chi connectivity index (χ3n) is 5.51. The molecule has 5 aromatic rings. The van der Waals surface area contributed by atoms with Gasteiger partial charge in [-0.2, -0.15) is 0 Å². The van der Waals surface area contributed by atoms with Gasteiger partial charge in [0.1, 0.15) is 5.82 Å². The van der Waals surface area contributed by atoms with Crippen molar-refractivity contribution >= 4 is 32.7 Å². The predicted molar refractivity (Wildman–Crippen MR) is 132 cm³/mol. The number of hydrogen-bond acceptors (Lipinski definition) is 5. The lowest BCUT2D eigenvalue weighted by atomic mass is 10.1. The third kappa shape index (κ3) is 4.01. The second-order valence-electron chi connectivity index (χ2n) is 7.64. The molecule has 6 nitrogen and oxygen atoms in total. The van der Waals surface area contributed by atoms with Crippen LogP contribution in [0.15, 0.2) is 95.1 Å². The van der Waals surface area contributed by atoms with Crippen LogP contribution in [0.5, 0.6) is 0 Å². The molecule has 0 bridgehead atoms. The van der Waals surface area contributed by atoms with Crippen LogP contribution in [0.2, 0.25) is 0 Å². The maximum atomic E-state index is 13.5. The van der Waals surface area contributed by atoms with Crippen LogP contribution in [-0.4, -0.2) is 27.2 Å². The van der Waals surface area contributed by atoms with Gasteiger partial charge in [-0.05, 0) is 42.8 Å². The molecule has 0 fully saturated rings. The van der Waals surface area contributed by atoms with Gasteiger partial charge in [-0.3, -0.25) is 0 Å². The number of thioether (sulfide) groups is 1. The Labute approximate surface area is 201 Å².